The van der Waals surface area contributed by atoms with E-state index in [9.17, 15) is 14.7 Å². The van der Waals surface area contributed by atoms with Crippen molar-refractivity contribution in [2.75, 3.05) is 0 Å². The largest absolute Gasteiger partial charge is 0.507 e. The zero-order chi connectivity index (χ0) is 13.0. The predicted octanol–water partition coefficient (Wildman–Crippen LogP) is 3.31. The number of carbonyl (C=O) groups excluding carboxylic acids is 2. The number of phenols is 1. The van der Waals surface area contributed by atoms with Gasteiger partial charge >= 0.3 is 0 Å². The van der Waals surface area contributed by atoms with Gasteiger partial charge in [-0.05, 0) is 18.2 Å². The zero-order valence-corrected chi connectivity index (χ0v) is 10.6. The summed E-state index contributed by atoms with van der Waals surface area (Å²) in [5.41, 5.74) is 0.377. The van der Waals surface area contributed by atoms with Gasteiger partial charge in [-0.3, -0.25) is 9.59 Å². The molecule has 17 heavy (non-hydrogen) atoms. The van der Waals surface area contributed by atoms with E-state index in [2.05, 4.69) is 0 Å². The molecule has 90 valence electrons. The molecular formula is C11H7Cl3O3. The fourth-order valence-electron chi connectivity index (χ4n) is 1.33. The number of aromatic hydroxyl groups is 1. The zero-order valence-electron chi connectivity index (χ0n) is 8.36. The van der Waals surface area contributed by atoms with Crippen molar-refractivity contribution in [2.45, 2.75) is 4.30 Å². The van der Waals surface area contributed by atoms with Gasteiger partial charge in [0.2, 0.25) is 0 Å². The summed E-state index contributed by atoms with van der Waals surface area (Å²) >= 11 is 14.4. The third-order valence-electron chi connectivity index (χ3n) is 1.94. The summed E-state index contributed by atoms with van der Waals surface area (Å²) in [5, 5.41) is 9.34. The fraction of sp³-hybridized carbons (Fsp3) is 0.0909. The molecule has 1 aliphatic rings. The van der Waals surface area contributed by atoms with Crippen molar-refractivity contribution in [1.29, 1.82) is 0 Å². The van der Waals surface area contributed by atoms with E-state index in [1.165, 1.54) is 24.3 Å². The maximum Gasteiger partial charge on any atom is 0.190 e. The maximum absolute atomic E-state index is 11.3. The number of hydrogen-bond acceptors (Lipinski definition) is 3. The Kier molecular flexibility index (Phi) is 5.00. The monoisotopic (exact) mass is 292 g/mol. The summed E-state index contributed by atoms with van der Waals surface area (Å²) < 4.78 is -0.750. The number of fused-ring (bicyclic) bond motifs is 1. The number of phenolic OH excluding ortho intramolecular Hbond substituents is 1. The molecule has 0 fully saturated rings. The van der Waals surface area contributed by atoms with Crippen LogP contribution in [0.3, 0.4) is 0 Å². The predicted molar refractivity (Wildman–Crippen MR) is 67.3 cm³/mol. The molecule has 0 aliphatic heterocycles. The van der Waals surface area contributed by atoms with Crippen LogP contribution in [0.2, 0.25) is 0 Å². The van der Waals surface area contributed by atoms with Crippen molar-refractivity contribution >= 4 is 46.4 Å². The lowest BCUT2D eigenvalue weighted by Gasteiger charge is -2.09. The minimum absolute atomic E-state index is 0.106. The third kappa shape index (κ3) is 3.73. The summed E-state index contributed by atoms with van der Waals surface area (Å²) in [7, 11) is 0. The summed E-state index contributed by atoms with van der Waals surface area (Å²) in [4.78, 5) is 22.5. The van der Waals surface area contributed by atoms with Crippen LogP contribution in [0.1, 0.15) is 20.7 Å². The van der Waals surface area contributed by atoms with Gasteiger partial charge in [0.05, 0.1) is 5.56 Å². The SMILES string of the molecule is ClC(Cl)Cl.O=C1C=CC(=O)c2c(O)cccc21. The topological polar surface area (TPSA) is 54.4 Å². The Morgan fingerprint density at radius 2 is 1.53 bits per heavy atom. The molecule has 6 heteroatoms. The van der Waals surface area contributed by atoms with Crippen molar-refractivity contribution in [3.05, 3.63) is 41.5 Å². The van der Waals surface area contributed by atoms with Crippen LogP contribution in [-0.2, 0) is 0 Å². The molecule has 0 amide bonds. The molecule has 0 atom stereocenters. The second kappa shape index (κ2) is 6.05. The summed E-state index contributed by atoms with van der Waals surface area (Å²) in [5.74, 6) is -0.710. The lowest BCUT2D eigenvalue weighted by Crippen LogP contribution is -2.11. The van der Waals surface area contributed by atoms with Crippen LogP contribution >= 0.6 is 34.8 Å². The average molecular weight is 294 g/mol. The molecule has 1 aromatic carbocycles. The summed E-state index contributed by atoms with van der Waals surface area (Å²) in [6.07, 6.45) is 2.38. The van der Waals surface area contributed by atoms with E-state index in [1.54, 1.807) is 6.07 Å². The summed E-state index contributed by atoms with van der Waals surface area (Å²) in [6, 6.07) is 4.46. The Labute approximate surface area is 113 Å². The van der Waals surface area contributed by atoms with Crippen LogP contribution in [-0.4, -0.2) is 21.0 Å². The van der Waals surface area contributed by atoms with Crippen LogP contribution in [0.15, 0.2) is 30.4 Å². The third-order valence-corrected chi connectivity index (χ3v) is 1.94. The number of halogens is 3. The highest BCUT2D eigenvalue weighted by atomic mass is 35.6. The first kappa shape index (κ1) is 14.0. The fourth-order valence-corrected chi connectivity index (χ4v) is 1.33. The first-order valence-corrected chi connectivity index (χ1v) is 5.75. The molecule has 1 N–H and O–H groups in total. The Bertz CT molecular complexity index is 478. The molecule has 0 saturated heterocycles. The van der Waals surface area contributed by atoms with Gasteiger partial charge in [0.1, 0.15) is 5.75 Å². The van der Waals surface area contributed by atoms with Crippen molar-refractivity contribution in [1.82, 2.24) is 0 Å². The summed E-state index contributed by atoms with van der Waals surface area (Å²) in [6.45, 7) is 0. The van der Waals surface area contributed by atoms with E-state index < -0.39 is 4.30 Å². The smallest absolute Gasteiger partial charge is 0.190 e. The lowest BCUT2D eigenvalue weighted by molar-refractivity contribution is 0.0991. The van der Waals surface area contributed by atoms with E-state index in [4.69, 9.17) is 34.8 Å². The van der Waals surface area contributed by atoms with Crippen LogP contribution in [0.4, 0.5) is 0 Å². The van der Waals surface area contributed by atoms with Crippen molar-refractivity contribution < 1.29 is 14.7 Å². The molecule has 3 nitrogen and oxygen atoms in total. The Morgan fingerprint density at radius 1 is 1.00 bits per heavy atom. The van der Waals surface area contributed by atoms with Crippen molar-refractivity contribution in [3.63, 3.8) is 0 Å². The second-order valence-corrected chi connectivity index (χ2v) is 4.99. The highest BCUT2D eigenvalue weighted by molar-refractivity contribution is 6.63. The molecule has 0 saturated carbocycles. The van der Waals surface area contributed by atoms with E-state index in [1.807, 2.05) is 0 Å². The van der Waals surface area contributed by atoms with Gasteiger partial charge in [-0.2, -0.15) is 0 Å². The first-order valence-electron chi connectivity index (χ1n) is 4.44. The van der Waals surface area contributed by atoms with Gasteiger partial charge in [-0.25, -0.2) is 0 Å². The average Bonchev–Trinajstić information content (AvgIpc) is 2.23. The molecular weight excluding hydrogens is 286 g/mol. The van der Waals surface area contributed by atoms with E-state index >= 15 is 0 Å². The number of rotatable bonds is 0. The molecule has 2 rings (SSSR count). The number of alkyl halides is 3. The minimum atomic E-state index is -0.750. The molecule has 0 bridgehead atoms. The normalized spacial score (nSPS) is 13.2. The Hall–Kier alpha value is -1.03. The number of benzene rings is 1. The number of hydrogen-bond donors (Lipinski definition) is 1. The second-order valence-electron chi connectivity index (χ2n) is 3.01. The van der Waals surface area contributed by atoms with Crippen LogP contribution in [0, 0.1) is 0 Å². The van der Waals surface area contributed by atoms with Gasteiger partial charge in [-0.1, -0.05) is 46.9 Å². The Morgan fingerprint density at radius 3 is 2.06 bits per heavy atom. The molecule has 0 unspecified atom stereocenters. The molecule has 1 aliphatic carbocycles. The number of carbonyl (C=O) groups is 2. The highest BCUT2D eigenvalue weighted by Gasteiger charge is 2.21. The first-order chi connectivity index (χ1) is 7.93. The van der Waals surface area contributed by atoms with Crippen LogP contribution in [0.25, 0.3) is 0 Å². The number of ketones is 2. The molecule has 0 heterocycles. The molecule has 0 aromatic heterocycles. The minimum Gasteiger partial charge on any atom is -0.507 e. The Balaban J connectivity index is 0.000000317. The van der Waals surface area contributed by atoms with Crippen LogP contribution < -0.4 is 0 Å². The van der Waals surface area contributed by atoms with Gasteiger partial charge in [-0.15, -0.1) is 0 Å². The van der Waals surface area contributed by atoms with E-state index in [0.29, 0.717) is 0 Å². The van der Waals surface area contributed by atoms with Gasteiger partial charge < -0.3 is 5.11 Å². The molecule has 0 spiro atoms. The van der Waals surface area contributed by atoms with E-state index in [0.717, 1.165) is 0 Å². The highest BCUT2D eigenvalue weighted by Crippen LogP contribution is 2.25. The maximum atomic E-state index is 11.3. The lowest BCUT2D eigenvalue weighted by atomic mass is 9.94. The quantitative estimate of drug-likeness (QED) is 0.747. The van der Waals surface area contributed by atoms with Crippen molar-refractivity contribution in [3.8, 4) is 5.75 Å². The van der Waals surface area contributed by atoms with Crippen LogP contribution in [0.5, 0.6) is 5.75 Å². The standard InChI is InChI=1S/C10H6O3.CHCl3/c11-7-4-5-9(13)10-6(7)2-1-3-8(10)12;2-1(3)4/h1-5,12H;1H. The number of allylic oxidation sites excluding steroid dienone is 2. The van der Waals surface area contributed by atoms with Gasteiger partial charge in [0, 0.05) is 5.56 Å². The van der Waals surface area contributed by atoms with Gasteiger partial charge in [0.25, 0.3) is 0 Å². The van der Waals surface area contributed by atoms with E-state index in [-0.39, 0.29) is 28.4 Å². The van der Waals surface area contributed by atoms with Crippen molar-refractivity contribution in [2.24, 2.45) is 0 Å². The molecule has 0 radical (unpaired) electrons. The van der Waals surface area contributed by atoms with Gasteiger partial charge in [0.15, 0.2) is 15.9 Å². The molecule has 1 aromatic rings.